The van der Waals surface area contributed by atoms with Crippen LogP contribution in [-0.4, -0.2) is 24.8 Å². The first-order chi connectivity index (χ1) is 11.7. The van der Waals surface area contributed by atoms with Gasteiger partial charge in [0, 0.05) is 24.7 Å². The van der Waals surface area contributed by atoms with Crippen molar-refractivity contribution >= 4 is 22.9 Å². The second kappa shape index (κ2) is 9.60. The number of thiophene rings is 1. The number of aliphatic hydroxyl groups excluding tert-OH is 1. The fraction of sp³-hybridized carbons (Fsp3) is 0.353. The molecule has 7 heteroatoms. The van der Waals surface area contributed by atoms with Gasteiger partial charge in [-0.15, -0.1) is 0 Å². The first-order valence-corrected chi connectivity index (χ1v) is 8.87. The van der Waals surface area contributed by atoms with Crippen LogP contribution in [0.5, 0.6) is 5.75 Å². The number of aliphatic hydroxyl groups is 1. The van der Waals surface area contributed by atoms with Crippen molar-refractivity contribution in [3.05, 3.63) is 50.9 Å². The average Bonchev–Trinajstić information content (AvgIpc) is 3.11. The van der Waals surface area contributed by atoms with Gasteiger partial charge >= 0.3 is 0 Å². The molecule has 0 fully saturated rings. The predicted octanol–water partition coefficient (Wildman–Crippen LogP) is 3.89. The largest absolute Gasteiger partial charge is 0.484 e. The lowest BCUT2D eigenvalue weighted by Crippen LogP contribution is -2.21. The minimum absolute atomic E-state index is 0.0749. The van der Waals surface area contributed by atoms with Gasteiger partial charge in [0.2, 0.25) is 0 Å². The van der Waals surface area contributed by atoms with E-state index >= 15 is 0 Å². The molecule has 4 nitrogen and oxygen atoms in total. The highest BCUT2D eigenvalue weighted by Crippen LogP contribution is 2.31. The van der Waals surface area contributed by atoms with Crippen LogP contribution >= 0.6 is 22.9 Å². The fourth-order valence-electron chi connectivity index (χ4n) is 2.18. The van der Waals surface area contributed by atoms with Crippen molar-refractivity contribution in [2.24, 2.45) is 0 Å². The topological polar surface area (TPSA) is 65.3 Å². The Bertz CT molecular complexity index is 689. The Hall–Kier alpha value is -1.65. The molecule has 0 radical (unpaired) electrons. The molecule has 2 N–H and O–H groups in total. The van der Waals surface area contributed by atoms with Crippen LogP contribution < -0.4 is 10.1 Å². The van der Waals surface area contributed by atoms with E-state index in [1.807, 2.05) is 22.9 Å². The lowest BCUT2D eigenvalue weighted by molar-refractivity contribution is 0.193. The second-order valence-electron chi connectivity index (χ2n) is 5.15. The molecule has 1 aromatic carbocycles. The number of ether oxygens (including phenoxy) is 1. The van der Waals surface area contributed by atoms with Crippen molar-refractivity contribution in [2.45, 2.75) is 18.9 Å². The monoisotopic (exact) mass is 368 g/mol. The standard InChI is InChI=1S/C17H18ClFN2O2S/c18-14-9-17(13(10-20)8-15(14)19)23-16(12-3-7-24-11-12)2-5-21-4-1-6-22/h3,7-9,11,16,21-22H,1-2,4-6H2. The summed E-state index contributed by atoms with van der Waals surface area (Å²) in [5, 5.41) is 25.1. The van der Waals surface area contributed by atoms with Crippen LogP contribution in [-0.2, 0) is 0 Å². The Morgan fingerprint density at radius 1 is 1.42 bits per heavy atom. The third-order valence-electron chi connectivity index (χ3n) is 3.42. The van der Waals surface area contributed by atoms with E-state index in [1.165, 1.54) is 6.07 Å². The van der Waals surface area contributed by atoms with Crippen LogP contribution in [0.3, 0.4) is 0 Å². The maximum atomic E-state index is 13.5. The van der Waals surface area contributed by atoms with E-state index in [2.05, 4.69) is 5.32 Å². The summed E-state index contributed by atoms with van der Waals surface area (Å²) in [7, 11) is 0. The molecular weight excluding hydrogens is 351 g/mol. The average molecular weight is 369 g/mol. The summed E-state index contributed by atoms with van der Waals surface area (Å²) in [5.41, 5.74) is 1.11. The van der Waals surface area contributed by atoms with Crippen LogP contribution in [0.15, 0.2) is 29.0 Å². The van der Waals surface area contributed by atoms with Gasteiger partial charge in [-0.1, -0.05) is 11.6 Å². The van der Waals surface area contributed by atoms with Crippen molar-refractivity contribution in [1.82, 2.24) is 5.32 Å². The highest BCUT2D eigenvalue weighted by Gasteiger charge is 2.17. The Kier molecular flexibility index (Phi) is 7.47. The molecule has 0 bridgehead atoms. The molecule has 2 rings (SSSR count). The first-order valence-electron chi connectivity index (χ1n) is 7.55. The summed E-state index contributed by atoms with van der Waals surface area (Å²) in [6.07, 6.45) is 1.09. The number of hydrogen-bond donors (Lipinski definition) is 2. The van der Waals surface area contributed by atoms with E-state index in [0.29, 0.717) is 19.4 Å². The van der Waals surface area contributed by atoms with Gasteiger partial charge in [-0.3, -0.25) is 0 Å². The zero-order chi connectivity index (χ0) is 17.4. The molecule has 1 aromatic heterocycles. The summed E-state index contributed by atoms with van der Waals surface area (Å²) in [6.45, 7) is 1.56. The highest BCUT2D eigenvalue weighted by atomic mass is 35.5. The van der Waals surface area contributed by atoms with Gasteiger partial charge in [0.15, 0.2) is 0 Å². The highest BCUT2D eigenvalue weighted by molar-refractivity contribution is 7.07. The molecule has 128 valence electrons. The van der Waals surface area contributed by atoms with Crippen LogP contribution in [0, 0.1) is 17.1 Å². The summed E-state index contributed by atoms with van der Waals surface area (Å²) in [4.78, 5) is 0. The molecule has 0 saturated heterocycles. The van der Waals surface area contributed by atoms with Crippen LogP contribution in [0.25, 0.3) is 0 Å². The Balaban J connectivity index is 2.11. The third kappa shape index (κ3) is 5.18. The van der Waals surface area contributed by atoms with E-state index in [-0.39, 0.29) is 29.0 Å². The molecule has 0 aliphatic carbocycles. The maximum Gasteiger partial charge on any atom is 0.143 e. The number of hydrogen-bond acceptors (Lipinski definition) is 5. The molecule has 0 saturated carbocycles. The third-order valence-corrected chi connectivity index (χ3v) is 4.41. The van der Waals surface area contributed by atoms with Crippen molar-refractivity contribution < 1.29 is 14.2 Å². The first kappa shape index (κ1) is 18.7. The molecule has 24 heavy (non-hydrogen) atoms. The number of benzene rings is 1. The molecular formula is C17H18ClFN2O2S. The lowest BCUT2D eigenvalue weighted by atomic mass is 10.1. The number of nitriles is 1. The minimum atomic E-state index is -0.640. The lowest BCUT2D eigenvalue weighted by Gasteiger charge is -2.20. The van der Waals surface area contributed by atoms with Crippen molar-refractivity contribution in [2.75, 3.05) is 19.7 Å². The van der Waals surface area contributed by atoms with Crippen molar-refractivity contribution in [1.29, 1.82) is 5.26 Å². The molecule has 0 aliphatic heterocycles. The summed E-state index contributed by atoms with van der Waals surface area (Å²) < 4.78 is 19.5. The van der Waals surface area contributed by atoms with Crippen molar-refractivity contribution in [3.8, 4) is 11.8 Å². The van der Waals surface area contributed by atoms with Gasteiger partial charge in [0.25, 0.3) is 0 Å². The van der Waals surface area contributed by atoms with Gasteiger partial charge in [-0.25, -0.2) is 4.39 Å². The van der Waals surface area contributed by atoms with Crippen molar-refractivity contribution in [3.63, 3.8) is 0 Å². The van der Waals surface area contributed by atoms with Gasteiger partial charge in [-0.2, -0.15) is 16.6 Å². The van der Waals surface area contributed by atoms with E-state index < -0.39 is 5.82 Å². The van der Waals surface area contributed by atoms with Crippen LogP contribution in [0.2, 0.25) is 5.02 Å². The quantitative estimate of drug-likeness (QED) is 0.659. The predicted molar refractivity (Wildman–Crippen MR) is 93.0 cm³/mol. The molecule has 2 aromatic rings. The number of nitrogens with zero attached hydrogens (tertiary/aromatic N) is 1. The maximum absolute atomic E-state index is 13.5. The molecule has 0 aliphatic rings. The molecule has 0 spiro atoms. The Labute approximate surface area is 149 Å². The van der Waals surface area contributed by atoms with Gasteiger partial charge in [-0.05, 0) is 42.4 Å². The fourth-order valence-corrected chi connectivity index (χ4v) is 3.04. The number of rotatable bonds is 9. The smallest absolute Gasteiger partial charge is 0.143 e. The summed E-state index contributed by atoms with van der Waals surface area (Å²) in [5.74, 6) is -0.367. The molecule has 1 atom stereocenters. The number of halogens is 2. The van der Waals surface area contributed by atoms with Gasteiger partial charge in [0.1, 0.15) is 23.7 Å². The van der Waals surface area contributed by atoms with Crippen LogP contribution in [0.1, 0.15) is 30.1 Å². The zero-order valence-electron chi connectivity index (χ0n) is 13.0. The SMILES string of the molecule is N#Cc1cc(F)c(Cl)cc1OC(CCNCCCO)c1ccsc1. The van der Waals surface area contributed by atoms with Gasteiger partial charge < -0.3 is 15.2 Å². The Morgan fingerprint density at radius 3 is 2.92 bits per heavy atom. The summed E-state index contributed by atoms with van der Waals surface area (Å²) >= 11 is 7.37. The zero-order valence-corrected chi connectivity index (χ0v) is 14.5. The van der Waals surface area contributed by atoms with E-state index in [9.17, 15) is 9.65 Å². The van der Waals surface area contributed by atoms with E-state index in [4.69, 9.17) is 21.4 Å². The Morgan fingerprint density at radius 2 is 2.25 bits per heavy atom. The molecule has 0 amide bonds. The second-order valence-corrected chi connectivity index (χ2v) is 6.34. The van der Waals surface area contributed by atoms with Crippen LogP contribution in [0.4, 0.5) is 4.39 Å². The van der Waals surface area contributed by atoms with E-state index in [1.54, 1.807) is 11.3 Å². The van der Waals surface area contributed by atoms with E-state index in [0.717, 1.165) is 18.2 Å². The minimum Gasteiger partial charge on any atom is -0.484 e. The van der Waals surface area contributed by atoms with Gasteiger partial charge in [0.05, 0.1) is 10.6 Å². The normalized spacial score (nSPS) is 11.9. The molecule has 1 unspecified atom stereocenters. The molecule has 1 heterocycles. The number of nitrogens with one attached hydrogen (secondary N) is 1. The summed E-state index contributed by atoms with van der Waals surface area (Å²) in [6, 6.07) is 6.32.